The SMILES string of the molecule is O=C(CC1SC(N2CCCC2)=NC1=O)Nc1ccc(C(=O)N2CCN(CC3CCCO3)CC2)cc1. The molecule has 1 aromatic rings. The number of hydrogen-bond donors (Lipinski definition) is 1. The molecule has 0 aliphatic carbocycles. The Bertz CT molecular complexity index is 965. The van der Waals surface area contributed by atoms with Crippen LogP contribution in [0.2, 0.25) is 0 Å². The molecule has 4 aliphatic heterocycles. The highest BCUT2D eigenvalue weighted by molar-refractivity contribution is 8.15. The highest BCUT2D eigenvalue weighted by atomic mass is 32.2. The lowest BCUT2D eigenvalue weighted by atomic mass is 10.1. The van der Waals surface area contributed by atoms with Crippen molar-refractivity contribution in [1.29, 1.82) is 0 Å². The third kappa shape index (κ3) is 6.05. The summed E-state index contributed by atoms with van der Waals surface area (Å²) in [5.74, 6) is -0.446. The molecule has 0 radical (unpaired) electrons. The van der Waals surface area contributed by atoms with Gasteiger partial charge in [-0.2, -0.15) is 4.99 Å². The van der Waals surface area contributed by atoms with Crippen molar-refractivity contribution < 1.29 is 19.1 Å². The largest absolute Gasteiger partial charge is 0.377 e. The summed E-state index contributed by atoms with van der Waals surface area (Å²) in [6, 6.07) is 6.99. The Morgan fingerprint density at radius 2 is 1.77 bits per heavy atom. The van der Waals surface area contributed by atoms with Crippen LogP contribution in [0.5, 0.6) is 0 Å². The second-order valence-electron chi connectivity index (χ2n) is 9.59. The van der Waals surface area contributed by atoms with Gasteiger partial charge in [0.1, 0.15) is 5.25 Å². The summed E-state index contributed by atoms with van der Waals surface area (Å²) >= 11 is 1.39. The number of carbonyl (C=O) groups is 3. The highest BCUT2D eigenvalue weighted by Crippen LogP contribution is 2.29. The van der Waals surface area contributed by atoms with Gasteiger partial charge in [-0.15, -0.1) is 0 Å². The van der Waals surface area contributed by atoms with Gasteiger partial charge < -0.3 is 19.9 Å². The van der Waals surface area contributed by atoms with Crippen LogP contribution in [-0.4, -0.2) is 101 Å². The number of hydrogen-bond acceptors (Lipinski definition) is 7. The van der Waals surface area contributed by atoms with Gasteiger partial charge in [0.15, 0.2) is 5.17 Å². The minimum atomic E-state index is -0.467. The van der Waals surface area contributed by atoms with Gasteiger partial charge in [-0.25, -0.2) is 0 Å². The summed E-state index contributed by atoms with van der Waals surface area (Å²) in [7, 11) is 0. The van der Waals surface area contributed by atoms with E-state index in [0.29, 0.717) is 30.4 Å². The molecular weight excluding hydrogens is 466 g/mol. The predicted octanol–water partition coefficient (Wildman–Crippen LogP) is 2.05. The molecule has 0 aromatic heterocycles. The van der Waals surface area contributed by atoms with Crippen LogP contribution in [0.1, 0.15) is 42.5 Å². The van der Waals surface area contributed by atoms with Crippen molar-refractivity contribution in [3.05, 3.63) is 29.8 Å². The van der Waals surface area contributed by atoms with Gasteiger partial charge in [-0.05, 0) is 49.9 Å². The Hall–Kier alpha value is -2.43. The number of amidine groups is 1. The number of amides is 3. The van der Waals surface area contributed by atoms with Crippen molar-refractivity contribution in [2.24, 2.45) is 4.99 Å². The lowest BCUT2D eigenvalue weighted by Crippen LogP contribution is -2.50. The first-order chi connectivity index (χ1) is 17.0. The molecule has 10 heteroatoms. The number of carbonyl (C=O) groups excluding carboxylic acids is 3. The van der Waals surface area contributed by atoms with Gasteiger partial charge in [0.25, 0.3) is 11.8 Å². The maximum absolute atomic E-state index is 12.9. The average Bonchev–Trinajstić information content (AvgIpc) is 3.63. The van der Waals surface area contributed by atoms with Crippen LogP contribution in [0.3, 0.4) is 0 Å². The van der Waals surface area contributed by atoms with Crippen LogP contribution in [0.15, 0.2) is 29.3 Å². The van der Waals surface area contributed by atoms with Crippen LogP contribution in [0, 0.1) is 0 Å². The molecule has 0 saturated carbocycles. The second kappa shape index (κ2) is 11.1. The number of likely N-dealkylation sites (tertiary alicyclic amines) is 1. The van der Waals surface area contributed by atoms with E-state index in [0.717, 1.165) is 70.2 Å². The summed E-state index contributed by atoms with van der Waals surface area (Å²) < 4.78 is 5.73. The fourth-order valence-corrected chi connectivity index (χ4v) is 6.14. The zero-order valence-electron chi connectivity index (χ0n) is 20.0. The molecule has 4 heterocycles. The topological polar surface area (TPSA) is 94.5 Å². The van der Waals surface area contributed by atoms with Crippen molar-refractivity contribution in [3.63, 3.8) is 0 Å². The summed E-state index contributed by atoms with van der Waals surface area (Å²) in [4.78, 5) is 48.2. The zero-order chi connectivity index (χ0) is 24.2. The van der Waals surface area contributed by atoms with Crippen molar-refractivity contribution >= 4 is 40.3 Å². The molecular formula is C25H33N5O4S. The highest BCUT2D eigenvalue weighted by Gasteiger charge is 2.34. The van der Waals surface area contributed by atoms with Crippen molar-refractivity contribution in [2.75, 3.05) is 57.7 Å². The van der Waals surface area contributed by atoms with Crippen molar-refractivity contribution in [3.8, 4) is 0 Å². The first-order valence-corrected chi connectivity index (χ1v) is 13.5. The molecule has 5 rings (SSSR count). The Balaban J connectivity index is 1.07. The molecule has 2 atom stereocenters. The van der Waals surface area contributed by atoms with Gasteiger partial charge in [0.05, 0.1) is 6.10 Å². The molecule has 35 heavy (non-hydrogen) atoms. The van der Waals surface area contributed by atoms with Crippen LogP contribution in [0.4, 0.5) is 5.69 Å². The Kier molecular flexibility index (Phi) is 7.69. The third-order valence-electron chi connectivity index (χ3n) is 7.04. The zero-order valence-corrected chi connectivity index (χ0v) is 20.8. The van der Waals surface area contributed by atoms with Crippen LogP contribution < -0.4 is 5.32 Å². The molecule has 1 aromatic carbocycles. The Labute approximate surface area is 210 Å². The predicted molar refractivity (Wildman–Crippen MR) is 136 cm³/mol. The second-order valence-corrected chi connectivity index (χ2v) is 10.8. The smallest absolute Gasteiger partial charge is 0.262 e. The van der Waals surface area contributed by atoms with E-state index in [2.05, 4.69) is 20.1 Å². The molecule has 3 amide bonds. The van der Waals surface area contributed by atoms with Crippen molar-refractivity contribution in [2.45, 2.75) is 43.5 Å². The first kappa shape index (κ1) is 24.3. The van der Waals surface area contributed by atoms with E-state index < -0.39 is 5.25 Å². The minimum Gasteiger partial charge on any atom is -0.377 e. The number of nitrogens with zero attached hydrogens (tertiary/aromatic N) is 4. The number of thioether (sulfide) groups is 1. The number of rotatable bonds is 6. The quantitative estimate of drug-likeness (QED) is 0.640. The molecule has 2 unspecified atom stereocenters. The summed E-state index contributed by atoms with van der Waals surface area (Å²) in [6.45, 7) is 6.81. The molecule has 9 nitrogen and oxygen atoms in total. The van der Waals surface area contributed by atoms with Gasteiger partial charge in [0.2, 0.25) is 5.91 Å². The molecule has 3 saturated heterocycles. The number of nitrogens with one attached hydrogen (secondary N) is 1. The van der Waals surface area contributed by atoms with E-state index in [1.54, 1.807) is 24.3 Å². The number of anilines is 1. The van der Waals surface area contributed by atoms with E-state index in [4.69, 9.17) is 4.74 Å². The van der Waals surface area contributed by atoms with Crippen LogP contribution >= 0.6 is 11.8 Å². The van der Waals surface area contributed by atoms with Crippen LogP contribution in [0.25, 0.3) is 0 Å². The lowest BCUT2D eigenvalue weighted by Gasteiger charge is -2.35. The minimum absolute atomic E-state index is 0.0131. The lowest BCUT2D eigenvalue weighted by molar-refractivity contribution is -0.121. The molecule has 0 bridgehead atoms. The van der Waals surface area contributed by atoms with Crippen LogP contribution in [-0.2, 0) is 14.3 Å². The number of ether oxygens (including phenoxy) is 1. The fourth-order valence-electron chi connectivity index (χ4n) is 5.02. The third-order valence-corrected chi connectivity index (χ3v) is 8.25. The van der Waals surface area contributed by atoms with Crippen molar-refractivity contribution in [1.82, 2.24) is 14.7 Å². The van der Waals surface area contributed by atoms with Gasteiger partial charge in [0, 0.05) is 70.1 Å². The van der Waals surface area contributed by atoms with E-state index in [-0.39, 0.29) is 24.1 Å². The maximum atomic E-state index is 12.9. The van der Waals surface area contributed by atoms with E-state index in [1.165, 1.54) is 11.8 Å². The summed E-state index contributed by atoms with van der Waals surface area (Å²) in [5.41, 5.74) is 1.23. The summed E-state index contributed by atoms with van der Waals surface area (Å²) in [6.07, 6.45) is 4.93. The normalized spacial score (nSPS) is 25.3. The van der Waals surface area contributed by atoms with E-state index in [9.17, 15) is 14.4 Å². The number of piperazine rings is 1. The van der Waals surface area contributed by atoms with Gasteiger partial charge in [-0.1, -0.05) is 11.8 Å². The standard InChI is InChI=1S/C25H33N5O4S/c31-22(16-21-23(32)27-25(35-21)30-9-1-2-10-30)26-19-7-5-18(6-8-19)24(33)29-13-11-28(12-14-29)17-20-4-3-15-34-20/h5-8,20-21H,1-4,9-17H2,(H,26,31). The Morgan fingerprint density at radius 3 is 2.46 bits per heavy atom. The molecule has 0 spiro atoms. The number of aliphatic imine (C=N–C) groups is 1. The number of benzene rings is 1. The fraction of sp³-hybridized carbons (Fsp3) is 0.600. The summed E-state index contributed by atoms with van der Waals surface area (Å²) in [5, 5.41) is 3.13. The van der Waals surface area contributed by atoms with Gasteiger partial charge in [-0.3, -0.25) is 19.3 Å². The van der Waals surface area contributed by atoms with Gasteiger partial charge >= 0.3 is 0 Å². The Morgan fingerprint density at radius 1 is 1.03 bits per heavy atom. The first-order valence-electron chi connectivity index (χ1n) is 12.6. The molecule has 3 fully saturated rings. The monoisotopic (exact) mass is 499 g/mol. The van der Waals surface area contributed by atoms with E-state index in [1.807, 2.05) is 4.90 Å². The molecule has 188 valence electrons. The maximum Gasteiger partial charge on any atom is 0.262 e. The van der Waals surface area contributed by atoms with E-state index >= 15 is 0 Å². The average molecular weight is 500 g/mol. The molecule has 4 aliphatic rings. The molecule has 1 N–H and O–H groups in total.